The number of hydrogen-bond acceptors (Lipinski definition) is 3. The normalized spacial score (nSPS) is 14.3. The number of aromatic nitrogens is 1. The highest BCUT2D eigenvalue weighted by atomic mass is 16.5. The van der Waals surface area contributed by atoms with E-state index in [0.29, 0.717) is 18.6 Å². The number of nitrogens with one attached hydrogen (secondary N) is 1. The first kappa shape index (κ1) is 13.8. The number of nitrogens with zero attached hydrogens (tertiary/aromatic N) is 1. The van der Waals surface area contributed by atoms with E-state index in [1.807, 2.05) is 37.5 Å². The van der Waals surface area contributed by atoms with Gasteiger partial charge in [0.15, 0.2) is 0 Å². The molecule has 3 heteroatoms. The zero-order valence-electron chi connectivity index (χ0n) is 11.9. The van der Waals surface area contributed by atoms with Crippen LogP contribution in [0, 0.1) is 5.92 Å². The maximum Gasteiger partial charge on any atom is 0.128 e. The molecule has 3 nitrogen and oxygen atoms in total. The number of benzene rings is 1. The first-order valence-corrected chi connectivity index (χ1v) is 6.90. The van der Waals surface area contributed by atoms with Crippen molar-refractivity contribution in [1.82, 2.24) is 10.3 Å². The highest BCUT2D eigenvalue weighted by Crippen LogP contribution is 2.24. The number of hydrogen-bond donors (Lipinski definition) is 1. The Bertz CT molecular complexity index is 522. The average molecular weight is 258 g/mol. The van der Waals surface area contributed by atoms with Crippen LogP contribution in [0.25, 0.3) is 10.9 Å². The Morgan fingerprint density at radius 1 is 1.26 bits per heavy atom. The van der Waals surface area contributed by atoms with Crippen molar-refractivity contribution in [3.63, 3.8) is 0 Å². The number of likely N-dealkylation sites (N-methyl/N-ethyl adjacent to an activating group) is 1. The predicted octanol–water partition coefficient (Wildman–Crippen LogP) is 3.25. The van der Waals surface area contributed by atoms with Gasteiger partial charge in [0, 0.05) is 17.6 Å². The second kappa shape index (κ2) is 6.53. The summed E-state index contributed by atoms with van der Waals surface area (Å²) in [6.45, 7) is 5.13. The molecule has 0 amide bonds. The summed E-state index contributed by atoms with van der Waals surface area (Å²) < 4.78 is 5.99. The van der Waals surface area contributed by atoms with Crippen molar-refractivity contribution in [2.24, 2.45) is 5.92 Å². The van der Waals surface area contributed by atoms with Gasteiger partial charge >= 0.3 is 0 Å². The summed E-state index contributed by atoms with van der Waals surface area (Å²) in [7, 11) is 1.99. The van der Waals surface area contributed by atoms with Crippen molar-refractivity contribution in [2.75, 3.05) is 13.7 Å². The quantitative estimate of drug-likeness (QED) is 0.863. The van der Waals surface area contributed by atoms with Crippen LogP contribution >= 0.6 is 0 Å². The van der Waals surface area contributed by atoms with E-state index in [4.69, 9.17) is 4.74 Å². The fraction of sp³-hybridized carbons (Fsp3) is 0.438. The third-order valence-corrected chi connectivity index (χ3v) is 3.73. The highest BCUT2D eigenvalue weighted by Gasteiger charge is 2.14. The number of ether oxygens (including phenoxy) is 1. The molecule has 1 N–H and O–H groups in total. The lowest BCUT2D eigenvalue weighted by molar-refractivity contribution is 0.230. The molecule has 0 aliphatic rings. The van der Waals surface area contributed by atoms with Crippen LogP contribution in [0.1, 0.15) is 20.3 Å². The maximum absolute atomic E-state index is 5.99. The van der Waals surface area contributed by atoms with E-state index in [1.54, 1.807) is 0 Å². The van der Waals surface area contributed by atoms with Gasteiger partial charge in [0.2, 0.25) is 0 Å². The van der Waals surface area contributed by atoms with Gasteiger partial charge in [0.05, 0.1) is 5.52 Å². The van der Waals surface area contributed by atoms with E-state index in [-0.39, 0.29) is 0 Å². The van der Waals surface area contributed by atoms with Crippen LogP contribution < -0.4 is 10.1 Å². The molecular weight excluding hydrogens is 236 g/mol. The minimum absolute atomic E-state index is 0.372. The van der Waals surface area contributed by atoms with Gasteiger partial charge in [0.25, 0.3) is 0 Å². The van der Waals surface area contributed by atoms with Crippen molar-refractivity contribution < 1.29 is 4.74 Å². The van der Waals surface area contributed by atoms with E-state index in [2.05, 4.69) is 30.2 Å². The molecule has 0 spiro atoms. The van der Waals surface area contributed by atoms with Gasteiger partial charge in [-0.2, -0.15) is 0 Å². The third kappa shape index (κ3) is 3.24. The van der Waals surface area contributed by atoms with E-state index >= 15 is 0 Å². The minimum atomic E-state index is 0.372. The third-order valence-electron chi connectivity index (χ3n) is 3.73. The molecule has 2 unspecified atom stereocenters. The van der Waals surface area contributed by atoms with Crippen LogP contribution in [0.2, 0.25) is 0 Å². The molecule has 2 atom stereocenters. The standard InChI is InChI=1S/C16H22N2O/c1-4-12(2)15(17-3)11-19-16-9-5-8-14-13(16)7-6-10-18-14/h5-10,12,15,17H,4,11H2,1-3H3. The van der Waals surface area contributed by atoms with Crippen LogP contribution in [0.15, 0.2) is 36.5 Å². The molecule has 0 aliphatic carbocycles. The van der Waals surface area contributed by atoms with E-state index in [9.17, 15) is 0 Å². The molecule has 2 rings (SSSR count). The SMILES string of the molecule is CCC(C)C(COc1cccc2ncccc12)NC. The maximum atomic E-state index is 5.99. The summed E-state index contributed by atoms with van der Waals surface area (Å²) in [5.41, 5.74) is 0.976. The Morgan fingerprint density at radius 3 is 2.84 bits per heavy atom. The molecule has 19 heavy (non-hydrogen) atoms. The van der Waals surface area contributed by atoms with Crippen LogP contribution in [0.5, 0.6) is 5.75 Å². The Morgan fingerprint density at radius 2 is 2.11 bits per heavy atom. The fourth-order valence-electron chi connectivity index (χ4n) is 2.20. The number of rotatable bonds is 6. The van der Waals surface area contributed by atoms with Crippen LogP contribution in [0.3, 0.4) is 0 Å². The van der Waals surface area contributed by atoms with Gasteiger partial charge in [-0.05, 0) is 37.2 Å². The zero-order valence-corrected chi connectivity index (χ0v) is 11.9. The Labute approximate surface area is 115 Å². The lowest BCUT2D eigenvalue weighted by Crippen LogP contribution is -2.37. The molecule has 0 saturated heterocycles. The van der Waals surface area contributed by atoms with Crippen LogP contribution in [0.4, 0.5) is 0 Å². The Hall–Kier alpha value is -1.61. The van der Waals surface area contributed by atoms with Gasteiger partial charge in [-0.1, -0.05) is 26.3 Å². The summed E-state index contributed by atoms with van der Waals surface area (Å²) in [6, 6.07) is 10.4. The fourth-order valence-corrected chi connectivity index (χ4v) is 2.20. The van der Waals surface area contributed by atoms with Crippen LogP contribution in [-0.2, 0) is 0 Å². The van der Waals surface area contributed by atoms with Crippen molar-refractivity contribution >= 4 is 10.9 Å². The first-order valence-electron chi connectivity index (χ1n) is 6.90. The van der Waals surface area contributed by atoms with E-state index < -0.39 is 0 Å². The molecule has 0 saturated carbocycles. The Kier molecular flexibility index (Phi) is 4.74. The second-order valence-electron chi connectivity index (χ2n) is 4.92. The van der Waals surface area contributed by atoms with Gasteiger partial charge < -0.3 is 10.1 Å². The van der Waals surface area contributed by atoms with Gasteiger partial charge in [-0.25, -0.2) is 0 Å². The van der Waals surface area contributed by atoms with Crippen LogP contribution in [-0.4, -0.2) is 24.7 Å². The molecule has 1 heterocycles. The van der Waals surface area contributed by atoms with Gasteiger partial charge in [-0.3, -0.25) is 4.98 Å². The molecule has 0 fully saturated rings. The molecule has 0 aliphatic heterocycles. The van der Waals surface area contributed by atoms with Crippen molar-refractivity contribution in [1.29, 1.82) is 0 Å². The summed E-state index contributed by atoms with van der Waals surface area (Å²) in [4.78, 5) is 4.34. The molecule has 102 valence electrons. The summed E-state index contributed by atoms with van der Waals surface area (Å²) >= 11 is 0. The second-order valence-corrected chi connectivity index (χ2v) is 4.92. The summed E-state index contributed by atoms with van der Waals surface area (Å²) in [5.74, 6) is 1.51. The van der Waals surface area contributed by atoms with E-state index in [0.717, 1.165) is 23.1 Å². The number of pyridine rings is 1. The topological polar surface area (TPSA) is 34.1 Å². The molecule has 0 radical (unpaired) electrons. The Balaban J connectivity index is 2.13. The predicted molar refractivity (Wildman–Crippen MR) is 79.5 cm³/mol. The summed E-state index contributed by atoms with van der Waals surface area (Å²) in [5, 5.41) is 4.40. The largest absolute Gasteiger partial charge is 0.491 e. The monoisotopic (exact) mass is 258 g/mol. The zero-order chi connectivity index (χ0) is 13.7. The molecule has 1 aromatic carbocycles. The lowest BCUT2D eigenvalue weighted by atomic mass is 10.0. The minimum Gasteiger partial charge on any atom is -0.491 e. The van der Waals surface area contributed by atoms with Crippen molar-refractivity contribution in [3.8, 4) is 5.75 Å². The molecule has 0 bridgehead atoms. The van der Waals surface area contributed by atoms with Crippen molar-refractivity contribution in [3.05, 3.63) is 36.5 Å². The number of fused-ring (bicyclic) bond motifs is 1. The molecular formula is C16H22N2O. The van der Waals surface area contributed by atoms with Gasteiger partial charge in [-0.15, -0.1) is 0 Å². The van der Waals surface area contributed by atoms with Gasteiger partial charge in [0.1, 0.15) is 12.4 Å². The lowest BCUT2D eigenvalue weighted by Gasteiger charge is -2.23. The van der Waals surface area contributed by atoms with E-state index in [1.165, 1.54) is 0 Å². The van der Waals surface area contributed by atoms with Crippen molar-refractivity contribution in [2.45, 2.75) is 26.3 Å². The summed E-state index contributed by atoms with van der Waals surface area (Å²) in [6.07, 6.45) is 2.95. The average Bonchev–Trinajstić information content (AvgIpc) is 2.47. The molecule has 2 aromatic rings. The highest BCUT2D eigenvalue weighted by molar-refractivity contribution is 5.84. The molecule has 1 aromatic heterocycles. The smallest absolute Gasteiger partial charge is 0.128 e. The first-order chi connectivity index (χ1) is 9.26.